The minimum absolute atomic E-state index is 0.625. The second kappa shape index (κ2) is 6.65. The Labute approximate surface area is 125 Å². The highest BCUT2D eigenvalue weighted by Crippen LogP contribution is 2.39. The molecule has 1 saturated carbocycles. The van der Waals surface area contributed by atoms with Gasteiger partial charge < -0.3 is 10.1 Å². The number of hydrogen-bond acceptors (Lipinski definition) is 4. The molecule has 3 aliphatic rings. The summed E-state index contributed by atoms with van der Waals surface area (Å²) in [6.07, 6.45) is 6.80. The summed E-state index contributed by atoms with van der Waals surface area (Å²) in [5.41, 5.74) is 4.23. The minimum Gasteiger partial charge on any atom is -0.379 e. The summed E-state index contributed by atoms with van der Waals surface area (Å²) in [7, 11) is 0. The molecule has 0 radical (unpaired) electrons. The van der Waals surface area contributed by atoms with Crippen LogP contribution in [0.5, 0.6) is 0 Å². The van der Waals surface area contributed by atoms with Gasteiger partial charge in [0.05, 0.1) is 13.2 Å². The van der Waals surface area contributed by atoms with Gasteiger partial charge in [-0.05, 0) is 31.0 Å². The highest BCUT2D eigenvalue weighted by molar-refractivity contribution is 7.80. The van der Waals surface area contributed by atoms with E-state index in [0.29, 0.717) is 11.0 Å². The highest BCUT2D eigenvalue weighted by Gasteiger charge is 2.37. The first-order valence-corrected chi connectivity index (χ1v) is 7.81. The largest absolute Gasteiger partial charge is 0.379 e. The second-order valence-corrected chi connectivity index (χ2v) is 5.97. The van der Waals surface area contributed by atoms with E-state index in [-0.39, 0.29) is 0 Å². The van der Waals surface area contributed by atoms with Crippen molar-refractivity contribution in [2.75, 3.05) is 39.4 Å². The lowest BCUT2D eigenvalue weighted by Crippen LogP contribution is -2.43. The van der Waals surface area contributed by atoms with Gasteiger partial charge in [0.2, 0.25) is 0 Å². The van der Waals surface area contributed by atoms with Gasteiger partial charge in [0, 0.05) is 37.8 Å². The molecule has 2 N–H and O–H groups in total. The van der Waals surface area contributed by atoms with Gasteiger partial charge in [0.15, 0.2) is 5.11 Å². The summed E-state index contributed by atoms with van der Waals surface area (Å²) < 4.78 is 5.32. The van der Waals surface area contributed by atoms with Crippen LogP contribution >= 0.6 is 12.2 Å². The van der Waals surface area contributed by atoms with Crippen molar-refractivity contribution in [3.05, 3.63) is 12.2 Å². The number of ether oxygens (including phenoxy) is 1. The Morgan fingerprint density at radius 1 is 1.45 bits per heavy atom. The zero-order chi connectivity index (χ0) is 13.8. The first-order valence-electron chi connectivity index (χ1n) is 7.40. The van der Waals surface area contributed by atoms with Crippen molar-refractivity contribution < 1.29 is 4.74 Å². The first kappa shape index (κ1) is 14.0. The Bertz CT molecular complexity index is 417. The fraction of sp³-hybridized carbons (Fsp3) is 0.714. The Morgan fingerprint density at radius 2 is 2.30 bits per heavy atom. The molecular weight excluding hydrogens is 272 g/mol. The molecule has 0 amide bonds. The number of allylic oxidation sites excluding steroid dienone is 2. The highest BCUT2D eigenvalue weighted by atomic mass is 32.1. The molecule has 0 bridgehead atoms. The van der Waals surface area contributed by atoms with Crippen LogP contribution < -0.4 is 10.7 Å². The van der Waals surface area contributed by atoms with Crippen molar-refractivity contribution in [3.8, 4) is 0 Å². The molecule has 1 heterocycles. The lowest BCUT2D eigenvalue weighted by atomic mass is 9.74. The average molecular weight is 294 g/mol. The predicted octanol–water partition coefficient (Wildman–Crippen LogP) is 0.735. The smallest absolute Gasteiger partial charge is 0.186 e. The van der Waals surface area contributed by atoms with Gasteiger partial charge >= 0.3 is 0 Å². The monoisotopic (exact) mass is 294 g/mol. The summed E-state index contributed by atoms with van der Waals surface area (Å²) >= 11 is 5.24. The van der Waals surface area contributed by atoms with Crippen LogP contribution in [0.2, 0.25) is 0 Å². The molecule has 5 nitrogen and oxygen atoms in total. The molecule has 0 unspecified atom stereocenters. The van der Waals surface area contributed by atoms with Crippen LogP contribution in [0.3, 0.4) is 0 Å². The number of hydrazone groups is 1. The predicted molar refractivity (Wildman–Crippen MR) is 83.8 cm³/mol. The molecule has 2 fully saturated rings. The van der Waals surface area contributed by atoms with Crippen molar-refractivity contribution in [2.24, 2.45) is 16.9 Å². The number of morpholine rings is 1. The van der Waals surface area contributed by atoms with Gasteiger partial charge in [0.25, 0.3) is 0 Å². The normalized spacial score (nSPS) is 30.9. The van der Waals surface area contributed by atoms with Crippen molar-refractivity contribution in [2.45, 2.75) is 12.8 Å². The van der Waals surface area contributed by atoms with Crippen molar-refractivity contribution >= 4 is 23.0 Å². The number of nitrogens with zero attached hydrogens (tertiary/aromatic N) is 2. The van der Waals surface area contributed by atoms with Crippen molar-refractivity contribution in [1.29, 1.82) is 0 Å². The minimum atomic E-state index is 0.625. The third-order valence-corrected chi connectivity index (χ3v) is 4.52. The van der Waals surface area contributed by atoms with E-state index >= 15 is 0 Å². The molecule has 1 aliphatic heterocycles. The lowest BCUT2D eigenvalue weighted by Gasteiger charge is -2.32. The quantitative estimate of drug-likeness (QED) is 0.455. The number of rotatable bonds is 4. The Morgan fingerprint density at radius 3 is 3.10 bits per heavy atom. The summed E-state index contributed by atoms with van der Waals surface area (Å²) in [5, 5.41) is 8.26. The number of thiocarbonyl (C=S) groups is 1. The van der Waals surface area contributed by atoms with Gasteiger partial charge in [-0.2, -0.15) is 5.10 Å². The van der Waals surface area contributed by atoms with E-state index in [1.54, 1.807) is 0 Å². The van der Waals surface area contributed by atoms with Crippen LogP contribution in [0.15, 0.2) is 17.3 Å². The Hall–Kier alpha value is -0.980. The van der Waals surface area contributed by atoms with E-state index in [9.17, 15) is 0 Å². The van der Waals surface area contributed by atoms with Crippen LogP contribution in [0.4, 0.5) is 0 Å². The van der Waals surface area contributed by atoms with Gasteiger partial charge in [-0.15, -0.1) is 0 Å². The van der Waals surface area contributed by atoms with Gasteiger partial charge in [-0.1, -0.05) is 12.2 Å². The van der Waals surface area contributed by atoms with E-state index in [2.05, 4.69) is 32.9 Å². The van der Waals surface area contributed by atoms with E-state index in [1.165, 1.54) is 5.71 Å². The molecule has 2 aliphatic carbocycles. The fourth-order valence-corrected chi connectivity index (χ4v) is 3.13. The number of hydrogen-bond donors (Lipinski definition) is 2. The third-order valence-electron chi connectivity index (χ3n) is 4.28. The molecule has 2 atom stereocenters. The summed E-state index contributed by atoms with van der Waals surface area (Å²) in [6, 6.07) is 0. The Balaban J connectivity index is 1.30. The first-order chi connectivity index (χ1) is 9.83. The zero-order valence-corrected chi connectivity index (χ0v) is 12.5. The van der Waals surface area contributed by atoms with Crippen LogP contribution in [-0.2, 0) is 4.74 Å². The molecule has 3 rings (SSSR count). The maximum absolute atomic E-state index is 5.32. The fourth-order valence-electron chi connectivity index (χ4n) is 2.98. The van der Waals surface area contributed by atoms with Crippen LogP contribution in [0.25, 0.3) is 0 Å². The molecule has 0 aromatic heterocycles. The van der Waals surface area contributed by atoms with E-state index in [0.717, 1.165) is 58.2 Å². The number of fused-ring (bicyclic) bond motifs is 1. The molecule has 110 valence electrons. The maximum Gasteiger partial charge on any atom is 0.186 e. The Kier molecular flexibility index (Phi) is 4.65. The second-order valence-electron chi connectivity index (χ2n) is 5.56. The van der Waals surface area contributed by atoms with Crippen LogP contribution in [0.1, 0.15) is 12.8 Å². The summed E-state index contributed by atoms with van der Waals surface area (Å²) in [5.74, 6) is 1.37. The molecule has 0 spiro atoms. The summed E-state index contributed by atoms with van der Waals surface area (Å²) in [6.45, 7) is 5.56. The topological polar surface area (TPSA) is 48.9 Å². The molecule has 0 aromatic rings. The molecular formula is C14H22N4OS. The molecule has 1 saturated heterocycles. The number of nitrogens with one attached hydrogen (secondary N) is 2. The zero-order valence-electron chi connectivity index (χ0n) is 11.7. The summed E-state index contributed by atoms with van der Waals surface area (Å²) in [4.78, 5) is 2.38. The standard InChI is InChI=1S/C14H22N4OS/c20-14(15-4-5-18-6-8-19-9-7-18)17-16-13-10-11-2-1-3-12(11)13/h1-2,11-12H,3-10H2,(H2,15,17,20)/b16-13-/t11-,12-/m0/s1. The molecule has 0 aromatic carbocycles. The van der Waals surface area contributed by atoms with Gasteiger partial charge in [-0.25, -0.2) is 0 Å². The van der Waals surface area contributed by atoms with Crippen LogP contribution in [-0.4, -0.2) is 55.1 Å². The van der Waals surface area contributed by atoms with E-state index in [4.69, 9.17) is 17.0 Å². The van der Waals surface area contributed by atoms with E-state index < -0.39 is 0 Å². The van der Waals surface area contributed by atoms with Gasteiger partial charge in [0.1, 0.15) is 0 Å². The maximum atomic E-state index is 5.32. The lowest BCUT2D eigenvalue weighted by molar-refractivity contribution is 0.0389. The van der Waals surface area contributed by atoms with Crippen LogP contribution in [0, 0.1) is 11.8 Å². The molecule has 6 heteroatoms. The van der Waals surface area contributed by atoms with E-state index in [1.807, 2.05) is 0 Å². The third kappa shape index (κ3) is 3.37. The SMILES string of the molecule is S=C(NCCN1CCOCC1)N/N=C1/C[C@@H]2C=CC[C@H]12. The average Bonchev–Trinajstić information content (AvgIpc) is 2.82. The molecule has 20 heavy (non-hydrogen) atoms. The van der Waals surface area contributed by atoms with Gasteiger partial charge in [-0.3, -0.25) is 10.3 Å². The van der Waals surface area contributed by atoms with Crippen molar-refractivity contribution in [3.63, 3.8) is 0 Å². The van der Waals surface area contributed by atoms with Crippen molar-refractivity contribution in [1.82, 2.24) is 15.6 Å².